The van der Waals surface area contributed by atoms with Crippen LogP contribution in [0.15, 0.2) is 0 Å². The lowest BCUT2D eigenvalue weighted by Crippen LogP contribution is -2.43. The highest BCUT2D eigenvalue weighted by molar-refractivity contribution is 6.03. The van der Waals surface area contributed by atoms with Crippen LogP contribution in [0, 0.1) is 11.8 Å². The fourth-order valence-corrected chi connectivity index (χ4v) is 2.80. The van der Waals surface area contributed by atoms with E-state index < -0.39 is 6.04 Å². The van der Waals surface area contributed by atoms with Gasteiger partial charge < -0.3 is 5.32 Å². The molecule has 0 spiro atoms. The van der Waals surface area contributed by atoms with E-state index in [1.54, 1.807) is 6.92 Å². The largest absolute Gasteiger partial charge is 0.346 e. The summed E-state index contributed by atoms with van der Waals surface area (Å²) in [6.45, 7) is 7.49. The molecule has 6 heteroatoms. The normalized spacial score (nSPS) is 19.3. The Hall–Kier alpha value is -1.72. The number of likely N-dealkylation sites (tertiary alicyclic amines) is 1. The van der Waals surface area contributed by atoms with Crippen LogP contribution in [0.2, 0.25) is 0 Å². The molecule has 0 saturated carbocycles. The van der Waals surface area contributed by atoms with Crippen molar-refractivity contribution in [1.29, 1.82) is 0 Å². The van der Waals surface area contributed by atoms with Crippen molar-refractivity contribution in [2.24, 2.45) is 11.8 Å². The molecule has 0 aromatic carbocycles. The van der Waals surface area contributed by atoms with E-state index in [1.165, 1.54) is 11.8 Å². The Morgan fingerprint density at radius 1 is 1.22 bits per heavy atom. The molecule has 1 N–H and O–H groups in total. The molecule has 0 aliphatic carbocycles. The van der Waals surface area contributed by atoms with E-state index in [0.29, 0.717) is 32.2 Å². The van der Waals surface area contributed by atoms with Crippen molar-refractivity contribution in [3.63, 3.8) is 0 Å². The molecular weight excluding hydrogens is 296 g/mol. The molecule has 0 aromatic rings. The van der Waals surface area contributed by atoms with Gasteiger partial charge in [0.25, 0.3) is 0 Å². The van der Waals surface area contributed by atoms with Gasteiger partial charge in [0.1, 0.15) is 0 Å². The smallest absolute Gasteiger partial charge is 0.232 e. The summed E-state index contributed by atoms with van der Waals surface area (Å²) >= 11 is 0. The molecule has 1 fully saturated rings. The zero-order valence-corrected chi connectivity index (χ0v) is 14.6. The average Bonchev–Trinajstić information content (AvgIpc) is 2.69. The van der Waals surface area contributed by atoms with Crippen molar-refractivity contribution in [3.05, 3.63) is 0 Å². The first kappa shape index (κ1) is 19.3. The zero-order valence-electron chi connectivity index (χ0n) is 14.6. The second kappa shape index (κ2) is 8.79. The number of hydrogen-bond acceptors (Lipinski definition) is 4. The molecule has 23 heavy (non-hydrogen) atoms. The number of nitrogens with zero attached hydrogens (tertiary/aromatic N) is 1. The van der Waals surface area contributed by atoms with Gasteiger partial charge in [-0.05, 0) is 25.7 Å². The molecule has 0 radical (unpaired) electrons. The van der Waals surface area contributed by atoms with Crippen LogP contribution >= 0.6 is 0 Å². The minimum absolute atomic E-state index is 0.0338. The van der Waals surface area contributed by atoms with Crippen LogP contribution in [0.3, 0.4) is 0 Å². The number of carbonyl (C=O) groups is 4. The monoisotopic (exact) mass is 324 g/mol. The maximum Gasteiger partial charge on any atom is 0.232 e. The number of hydrogen-bond donors (Lipinski definition) is 1. The van der Waals surface area contributed by atoms with Crippen molar-refractivity contribution in [2.75, 3.05) is 6.54 Å². The second-order valence-electron chi connectivity index (χ2n) is 6.70. The summed E-state index contributed by atoms with van der Waals surface area (Å²) in [4.78, 5) is 48.0. The van der Waals surface area contributed by atoms with Gasteiger partial charge in [0, 0.05) is 25.3 Å². The second-order valence-corrected chi connectivity index (χ2v) is 6.70. The van der Waals surface area contributed by atoms with Crippen LogP contribution in [-0.2, 0) is 19.2 Å². The highest BCUT2D eigenvalue weighted by Gasteiger charge is 2.34. The summed E-state index contributed by atoms with van der Waals surface area (Å²) in [6.07, 6.45) is 2.82. The zero-order chi connectivity index (χ0) is 17.6. The standard InChI is InChI=1S/C17H28N2O4/c1-11(2)16(13(4)20)18-14(21)8-6-5-7-9-19-15(22)10-12(3)17(19)23/h11-12,16H,5-10H2,1-4H3,(H,18,21)/t12?,16-/m0/s1. The SMILES string of the molecule is CC(=O)[C@@H](NC(=O)CCCCCN1C(=O)CC(C)C1=O)C(C)C. The topological polar surface area (TPSA) is 83.6 Å². The number of imide groups is 1. The van der Waals surface area contributed by atoms with Crippen LogP contribution in [0.5, 0.6) is 0 Å². The Bertz CT molecular complexity index is 473. The fraction of sp³-hybridized carbons (Fsp3) is 0.765. The third-order valence-electron chi connectivity index (χ3n) is 4.18. The third-order valence-corrected chi connectivity index (χ3v) is 4.18. The summed E-state index contributed by atoms with van der Waals surface area (Å²) in [5.74, 6) is -0.469. The van der Waals surface area contributed by atoms with Gasteiger partial charge in [-0.25, -0.2) is 0 Å². The highest BCUT2D eigenvalue weighted by atomic mass is 16.2. The molecule has 1 saturated heterocycles. The van der Waals surface area contributed by atoms with E-state index in [2.05, 4.69) is 5.32 Å². The first-order valence-electron chi connectivity index (χ1n) is 8.38. The molecule has 130 valence electrons. The summed E-state index contributed by atoms with van der Waals surface area (Å²) in [6, 6.07) is -0.427. The maximum atomic E-state index is 11.8. The first-order valence-corrected chi connectivity index (χ1v) is 8.38. The Balaban J connectivity index is 2.22. The minimum Gasteiger partial charge on any atom is -0.346 e. The van der Waals surface area contributed by atoms with E-state index in [1.807, 2.05) is 13.8 Å². The van der Waals surface area contributed by atoms with Gasteiger partial charge in [-0.15, -0.1) is 0 Å². The van der Waals surface area contributed by atoms with Gasteiger partial charge >= 0.3 is 0 Å². The van der Waals surface area contributed by atoms with Crippen LogP contribution in [0.25, 0.3) is 0 Å². The maximum absolute atomic E-state index is 11.8. The fourth-order valence-electron chi connectivity index (χ4n) is 2.80. The summed E-state index contributed by atoms with van der Waals surface area (Å²) < 4.78 is 0. The predicted octanol–water partition coefficient (Wildman–Crippen LogP) is 1.67. The summed E-state index contributed by atoms with van der Waals surface area (Å²) in [5.41, 5.74) is 0. The molecule has 6 nitrogen and oxygen atoms in total. The molecule has 1 aliphatic rings. The molecule has 1 unspecified atom stereocenters. The Morgan fingerprint density at radius 2 is 1.87 bits per heavy atom. The van der Waals surface area contributed by atoms with Crippen molar-refractivity contribution < 1.29 is 19.2 Å². The summed E-state index contributed by atoms with van der Waals surface area (Å²) in [5, 5.41) is 2.76. The van der Waals surface area contributed by atoms with Gasteiger partial charge in [0.05, 0.1) is 6.04 Å². The van der Waals surface area contributed by atoms with E-state index in [9.17, 15) is 19.2 Å². The lowest BCUT2D eigenvalue weighted by atomic mass is 10.0. The molecule has 1 aliphatic heterocycles. The molecule has 1 heterocycles. The van der Waals surface area contributed by atoms with Crippen molar-refractivity contribution in [2.45, 2.75) is 65.8 Å². The number of ketones is 1. The van der Waals surface area contributed by atoms with Gasteiger partial charge in [0.2, 0.25) is 17.7 Å². The number of rotatable bonds is 9. The lowest BCUT2D eigenvalue weighted by molar-refractivity contribution is -0.139. The molecule has 2 atom stereocenters. The first-order chi connectivity index (χ1) is 10.7. The van der Waals surface area contributed by atoms with Crippen molar-refractivity contribution in [1.82, 2.24) is 10.2 Å². The number of nitrogens with one attached hydrogen (secondary N) is 1. The number of carbonyl (C=O) groups excluding carboxylic acids is 4. The van der Waals surface area contributed by atoms with E-state index in [-0.39, 0.29) is 35.3 Å². The quantitative estimate of drug-likeness (QED) is 0.516. The third kappa shape index (κ3) is 5.77. The van der Waals surface area contributed by atoms with E-state index in [0.717, 1.165) is 6.42 Å². The number of amides is 3. The molecule has 0 bridgehead atoms. The van der Waals surface area contributed by atoms with Gasteiger partial charge in [-0.2, -0.15) is 0 Å². The van der Waals surface area contributed by atoms with Crippen LogP contribution in [0.4, 0.5) is 0 Å². The van der Waals surface area contributed by atoms with Crippen LogP contribution in [0.1, 0.15) is 59.8 Å². The Kier molecular flexibility index (Phi) is 7.39. The average molecular weight is 324 g/mol. The molecule has 1 rings (SSSR count). The van der Waals surface area contributed by atoms with Gasteiger partial charge in [-0.1, -0.05) is 27.2 Å². The molecule has 3 amide bonds. The van der Waals surface area contributed by atoms with Crippen LogP contribution < -0.4 is 5.32 Å². The molecule has 0 aromatic heterocycles. The van der Waals surface area contributed by atoms with Crippen molar-refractivity contribution >= 4 is 23.5 Å². The van der Waals surface area contributed by atoms with Crippen LogP contribution in [-0.4, -0.2) is 41.0 Å². The lowest BCUT2D eigenvalue weighted by Gasteiger charge is -2.19. The predicted molar refractivity (Wildman–Crippen MR) is 86.4 cm³/mol. The molecular formula is C17H28N2O4. The number of Topliss-reactive ketones (excluding diaryl/α,β-unsaturated/α-hetero) is 1. The Labute approximate surface area is 138 Å². The van der Waals surface area contributed by atoms with Crippen molar-refractivity contribution in [3.8, 4) is 0 Å². The minimum atomic E-state index is -0.427. The summed E-state index contributed by atoms with van der Waals surface area (Å²) in [7, 11) is 0. The number of unbranched alkanes of at least 4 members (excludes halogenated alkanes) is 2. The van der Waals surface area contributed by atoms with E-state index >= 15 is 0 Å². The highest BCUT2D eigenvalue weighted by Crippen LogP contribution is 2.19. The van der Waals surface area contributed by atoms with Gasteiger partial charge in [-0.3, -0.25) is 24.1 Å². The van der Waals surface area contributed by atoms with Gasteiger partial charge in [0.15, 0.2) is 5.78 Å². The Morgan fingerprint density at radius 3 is 2.35 bits per heavy atom. The van der Waals surface area contributed by atoms with E-state index in [4.69, 9.17) is 0 Å².